The number of Topliss-reactive ketones (excluding diaryl/α,β-unsaturated/α-hetero) is 1. The van der Waals surface area contributed by atoms with E-state index in [0.717, 1.165) is 23.5 Å². The lowest BCUT2D eigenvalue weighted by molar-refractivity contribution is 0.0988. The minimum Gasteiger partial charge on any atom is -0.365 e. The molecule has 20 heavy (non-hydrogen) atoms. The number of pyridine rings is 1. The Morgan fingerprint density at radius 1 is 1.10 bits per heavy atom. The van der Waals surface area contributed by atoms with Gasteiger partial charge in [0.15, 0.2) is 5.78 Å². The Hall–Kier alpha value is -2.16. The first-order valence-corrected chi connectivity index (χ1v) is 7.03. The third-order valence-corrected chi connectivity index (χ3v) is 3.33. The van der Waals surface area contributed by atoms with E-state index in [9.17, 15) is 4.79 Å². The molecule has 0 aliphatic rings. The zero-order valence-corrected chi connectivity index (χ0v) is 12.0. The number of carbonyl (C=O) groups is 1. The molecule has 0 spiro atoms. The Kier molecular flexibility index (Phi) is 4.88. The van der Waals surface area contributed by atoms with Crippen LogP contribution in [-0.2, 0) is 6.54 Å². The van der Waals surface area contributed by atoms with Crippen LogP contribution in [0.3, 0.4) is 0 Å². The molecule has 0 bridgehead atoms. The number of ketones is 1. The normalized spacial score (nSPS) is 10.3. The summed E-state index contributed by atoms with van der Waals surface area (Å²) in [6.07, 6.45) is 2.32. The standard InChI is InChI=1S/C17H20N2O/c1-3-17(20)15-10-5-6-11-16(15)19(4-2)13-14-9-7-8-12-18-14/h5-12H,3-4,13H2,1-2H3. The van der Waals surface area contributed by atoms with E-state index in [2.05, 4.69) is 16.8 Å². The van der Waals surface area contributed by atoms with Gasteiger partial charge in [0.2, 0.25) is 0 Å². The fraction of sp³-hybridized carbons (Fsp3) is 0.294. The summed E-state index contributed by atoms with van der Waals surface area (Å²) >= 11 is 0. The maximum Gasteiger partial charge on any atom is 0.164 e. The molecule has 0 aliphatic carbocycles. The topological polar surface area (TPSA) is 33.2 Å². The van der Waals surface area contributed by atoms with Crippen molar-refractivity contribution in [1.29, 1.82) is 0 Å². The van der Waals surface area contributed by atoms with E-state index in [1.54, 1.807) is 6.20 Å². The van der Waals surface area contributed by atoms with E-state index in [-0.39, 0.29) is 5.78 Å². The quantitative estimate of drug-likeness (QED) is 0.749. The monoisotopic (exact) mass is 268 g/mol. The Morgan fingerprint density at radius 2 is 1.85 bits per heavy atom. The average Bonchev–Trinajstić information content (AvgIpc) is 2.53. The number of nitrogens with zero attached hydrogens (tertiary/aromatic N) is 2. The maximum atomic E-state index is 12.1. The van der Waals surface area contributed by atoms with Crippen molar-refractivity contribution in [1.82, 2.24) is 4.98 Å². The molecule has 104 valence electrons. The highest BCUT2D eigenvalue weighted by atomic mass is 16.1. The van der Waals surface area contributed by atoms with Gasteiger partial charge < -0.3 is 4.90 Å². The van der Waals surface area contributed by atoms with Gasteiger partial charge in [-0.25, -0.2) is 0 Å². The second-order valence-electron chi connectivity index (χ2n) is 4.63. The van der Waals surface area contributed by atoms with Crippen molar-refractivity contribution in [2.24, 2.45) is 0 Å². The SMILES string of the molecule is CCC(=O)c1ccccc1N(CC)Cc1ccccn1. The van der Waals surface area contributed by atoms with Crippen LogP contribution in [0.1, 0.15) is 36.3 Å². The van der Waals surface area contributed by atoms with Gasteiger partial charge >= 0.3 is 0 Å². The Bertz CT molecular complexity index is 566. The van der Waals surface area contributed by atoms with Crippen LogP contribution in [-0.4, -0.2) is 17.3 Å². The van der Waals surface area contributed by atoms with E-state index in [1.807, 2.05) is 49.4 Å². The Morgan fingerprint density at radius 3 is 2.50 bits per heavy atom. The minimum atomic E-state index is 0.181. The van der Waals surface area contributed by atoms with E-state index in [4.69, 9.17) is 0 Å². The lowest BCUT2D eigenvalue weighted by Gasteiger charge is -2.25. The Labute approximate surface area is 120 Å². The van der Waals surface area contributed by atoms with Gasteiger partial charge in [-0.15, -0.1) is 0 Å². The fourth-order valence-corrected chi connectivity index (χ4v) is 2.23. The van der Waals surface area contributed by atoms with Gasteiger partial charge in [0.25, 0.3) is 0 Å². The molecule has 0 aliphatic heterocycles. The molecule has 1 aromatic carbocycles. The summed E-state index contributed by atoms with van der Waals surface area (Å²) in [6, 6.07) is 13.7. The predicted octanol–water partition coefficient (Wildman–Crippen LogP) is 3.70. The third-order valence-electron chi connectivity index (χ3n) is 3.33. The van der Waals surface area contributed by atoms with Crippen molar-refractivity contribution in [2.45, 2.75) is 26.8 Å². The zero-order chi connectivity index (χ0) is 14.4. The number of para-hydroxylation sites is 1. The van der Waals surface area contributed by atoms with Crippen LogP contribution in [0.4, 0.5) is 5.69 Å². The summed E-state index contributed by atoms with van der Waals surface area (Å²) in [5, 5.41) is 0. The fourth-order valence-electron chi connectivity index (χ4n) is 2.23. The van der Waals surface area contributed by atoms with Crippen molar-refractivity contribution >= 4 is 11.5 Å². The largest absolute Gasteiger partial charge is 0.365 e. The molecule has 0 fully saturated rings. The minimum absolute atomic E-state index is 0.181. The van der Waals surface area contributed by atoms with Crippen molar-refractivity contribution in [3.05, 3.63) is 59.9 Å². The van der Waals surface area contributed by atoms with Crippen LogP contribution >= 0.6 is 0 Å². The summed E-state index contributed by atoms with van der Waals surface area (Å²) in [4.78, 5) is 18.6. The van der Waals surface area contributed by atoms with Crippen LogP contribution < -0.4 is 4.90 Å². The molecule has 0 atom stereocenters. The molecule has 0 unspecified atom stereocenters. The molecule has 0 radical (unpaired) electrons. The van der Waals surface area contributed by atoms with Crippen molar-refractivity contribution in [2.75, 3.05) is 11.4 Å². The molecule has 3 heteroatoms. The molecule has 2 aromatic rings. The summed E-state index contributed by atoms with van der Waals surface area (Å²) in [7, 11) is 0. The number of aromatic nitrogens is 1. The number of hydrogen-bond acceptors (Lipinski definition) is 3. The summed E-state index contributed by atoms with van der Waals surface area (Å²) < 4.78 is 0. The first-order chi connectivity index (χ1) is 9.76. The van der Waals surface area contributed by atoms with Crippen molar-refractivity contribution in [3.8, 4) is 0 Å². The number of benzene rings is 1. The lowest BCUT2D eigenvalue weighted by atomic mass is 10.1. The number of rotatable bonds is 6. The Balaban J connectivity index is 2.30. The van der Waals surface area contributed by atoms with Crippen LogP contribution in [0.25, 0.3) is 0 Å². The maximum absolute atomic E-state index is 12.1. The summed E-state index contributed by atoms with van der Waals surface area (Å²) in [6.45, 7) is 5.54. The molecular weight excluding hydrogens is 248 g/mol. The molecule has 0 N–H and O–H groups in total. The molecule has 1 heterocycles. The van der Waals surface area contributed by atoms with Gasteiger partial charge in [0, 0.05) is 30.4 Å². The highest BCUT2D eigenvalue weighted by Crippen LogP contribution is 2.23. The second kappa shape index (κ2) is 6.85. The van der Waals surface area contributed by atoms with Crippen LogP contribution in [0, 0.1) is 0 Å². The van der Waals surface area contributed by atoms with Crippen LogP contribution in [0.15, 0.2) is 48.7 Å². The highest BCUT2D eigenvalue weighted by molar-refractivity contribution is 6.01. The number of hydrogen-bond donors (Lipinski definition) is 0. The molecular formula is C17H20N2O. The zero-order valence-electron chi connectivity index (χ0n) is 12.0. The van der Waals surface area contributed by atoms with E-state index >= 15 is 0 Å². The second-order valence-corrected chi connectivity index (χ2v) is 4.63. The summed E-state index contributed by atoms with van der Waals surface area (Å²) in [5.41, 5.74) is 2.80. The van der Waals surface area contributed by atoms with Crippen LogP contribution in [0.2, 0.25) is 0 Å². The highest BCUT2D eigenvalue weighted by Gasteiger charge is 2.14. The molecule has 0 amide bonds. The van der Waals surface area contributed by atoms with Crippen molar-refractivity contribution < 1.29 is 4.79 Å². The lowest BCUT2D eigenvalue weighted by Crippen LogP contribution is -2.24. The number of carbonyl (C=O) groups excluding carboxylic acids is 1. The molecule has 1 aromatic heterocycles. The van der Waals surface area contributed by atoms with E-state index < -0.39 is 0 Å². The van der Waals surface area contributed by atoms with Crippen molar-refractivity contribution in [3.63, 3.8) is 0 Å². The first-order valence-electron chi connectivity index (χ1n) is 7.03. The van der Waals surface area contributed by atoms with Crippen LogP contribution in [0.5, 0.6) is 0 Å². The van der Waals surface area contributed by atoms with Gasteiger partial charge in [-0.2, -0.15) is 0 Å². The molecule has 0 saturated carbocycles. The van der Waals surface area contributed by atoms with E-state index in [1.165, 1.54) is 0 Å². The molecule has 2 rings (SSSR count). The molecule has 0 saturated heterocycles. The van der Waals surface area contributed by atoms with E-state index in [0.29, 0.717) is 13.0 Å². The molecule has 3 nitrogen and oxygen atoms in total. The summed E-state index contributed by atoms with van der Waals surface area (Å²) in [5.74, 6) is 0.181. The van der Waals surface area contributed by atoms with Gasteiger partial charge in [-0.1, -0.05) is 25.1 Å². The average molecular weight is 268 g/mol. The van der Waals surface area contributed by atoms with Gasteiger partial charge in [-0.3, -0.25) is 9.78 Å². The smallest absolute Gasteiger partial charge is 0.164 e. The predicted molar refractivity (Wildman–Crippen MR) is 82.0 cm³/mol. The first kappa shape index (κ1) is 14.3. The van der Waals surface area contributed by atoms with Gasteiger partial charge in [0.1, 0.15) is 0 Å². The number of anilines is 1. The van der Waals surface area contributed by atoms with Gasteiger partial charge in [0.05, 0.1) is 12.2 Å². The van der Waals surface area contributed by atoms with Gasteiger partial charge in [-0.05, 0) is 31.2 Å². The third kappa shape index (κ3) is 3.23.